The average molecular weight is 352 g/mol. The third kappa shape index (κ3) is 7.09. The number of benzene rings is 2. The highest BCUT2D eigenvalue weighted by Crippen LogP contribution is 2.11. The summed E-state index contributed by atoms with van der Waals surface area (Å²) in [7, 11) is 0. The van der Waals surface area contributed by atoms with Crippen LogP contribution in [0.3, 0.4) is 0 Å². The van der Waals surface area contributed by atoms with Crippen molar-refractivity contribution in [3.63, 3.8) is 0 Å². The van der Waals surface area contributed by atoms with Gasteiger partial charge in [-0.25, -0.2) is 0 Å². The van der Waals surface area contributed by atoms with E-state index in [0.717, 1.165) is 24.8 Å². The van der Waals surface area contributed by atoms with Crippen molar-refractivity contribution in [3.05, 3.63) is 71.8 Å². The molecular formula is C22H28N2O2. The van der Waals surface area contributed by atoms with E-state index in [0.29, 0.717) is 13.1 Å². The highest BCUT2D eigenvalue weighted by Gasteiger charge is 2.15. The Morgan fingerprint density at radius 3 is 2.00 bits per heavy atom. The van der Waals surface area contributed by atoms with Gasteiger partial charge < -0.3 is 10.2 Å². The second kappa shape index (κ2) is 10.4. The lowest BCUT2D eigenvalue weighted by Gasteiger charge is -2.25. The van der Waals surface area contributed by atoms with Crippen LogP contribution in [0.15, 0.2) is 60.7 Å². The maximum absolute atomic E-state index is 12.0. The minimum atomic E-state index is -0.0273. The molecule has 0 aromatic heterocycles. The monoisotopic (exact) mass is 352 g/mol. The first kappa shape index (κ1) is 19.7. The number of aryl methyl sites for hydroxylation is 1. The van der Waals surface area contributed by atoms with E-state index < -0.39 is 0 Å². The summed E-state index contributed by atoms with van der Waals surface area (Å²) < 4.78 is 0. The quantitative estimate of drug-likeness (QED) is 0.750. The molecule has 2 aromatic rings. The predicted molar refractivity (Wildman–Crippen MR) is 105 cm³/mol. The van der Waals surface area contributed by atoms with Crippen molar-refractivity contribution in [1.29, 1.82) is 0 Å². The zero-order chi connectivity index (χ0) is 18.8. The van der Waals surface area contributed by atoms with E-state index in [9.17, 15) is 9.59 Å². The van der Waals surface area contributed by atoms with E-state index in [1.54, 1.807) is 13.8 Å². The van der Waals surface area contributed by atoms with Gasteiger partial charge in [0.15, 0.2) is 0 Å². The van der Waals surface area contributed by atoms with Gasteiger partial charge >= 0.3 is 0 Å². The fraction of sp³-hybridized carbons (Fsp3) is 0.364. The van der Waals surface area contributed by atoms with Crippen molar-refractivity contribution in [2.45, 2.75) is 45.7 Å². The summed E-state index contributed by atoms with van der Waals surface area (Å²) >= 11 is 0. The van der Waals surface area contributed by atoms with Crippen LogP contribution in [-0.4, -0.2) is 29.3 Å². The summed E-state index contributed by atoms with van der Waals surface area (Å²) in [6.07, 6.45) is 2.52. The van der Waals surface area contributed by atoms with Crippen LogP contribution in [0, 0.1) is 0 Å². The van der Waals surface area contributed by atoms with Gasteiger partial charge in [-0.05, 0) is 30.4 Å². The highest BCUT2D eigenvalue weighted by molar-refractivity contribution is 5.73. The second-order valence-corrected chi connectivity index (χ2v) is 6.64. The molecule has 0 fully saturated rings. The van der Waals surface area contributed by atoms with Crippen LogP contribution in [0.25, 0.3) is 0 Å². The van der Waals surface area contributed by atoms with Gasteiger partial charge in [0, 0.05) is 33.0 Å². The molecule has 4 nitrogen and oxygen atoms in total. The van der Waals surface area contributed by atoms with E-state index in [1.807, 2.05) is 53.4 Å². The topological polar surface area (TPSA) is 49.4 Å². The maximum atomic E-state index is 12.0. The number of nitrogens with one attached hydrogen (secondary N) is 1. The van der Waals surface area contributed by atoms with E-state index in [2.05, 4.69) is 17.4 Å². The standard InChI is InChI=1S/C22H28N2O2/c1-18(25)23-22(14-13-20-9-5-3-6-10-20)15-16-24(19(2)26)17-21-11-7-4-8-12-21/h3-12,22H,13-17H2,1-2H3,(H,23,25)/t22-/m0/s1. The molecule has 2 rings (SSSR count). The van der Waals surface area contributed by atoms with Crippen molar-refractivity contribution in [2.24, 2.45) is 0 Å². The lowest BCUT2D eigenvalue weighted by molar-refractivity contribution is -0.129. The molecular weight excluding hydrogens is 324 g/mol. The molecule has 0 bridgehead atoms. The number of hydrogen-bond donors (Lipinski definition) is 1. The van der Waals surface area contributed by atoms with Crippen molar-refractivity contribution in [1.82, 2.24) is 10.2 Å². The van der Waals surface area contributed by atoms with Crippen LogP contribution in [0.5, 0.6) is 0 Å². The van der Waals surface area contributed by atoms with E-state index >= 15 is 0 Å². The Hall–Kier alpha value is -2.62. The predicted octanol–water partition coefficient (Wildman–Crippen LogP) is 3.56. The number of amides is 2. The van der Waals surface area contributed by atoms with Gasteiger partial charge in [0.1, 0.15) is 0 Å². The lowest BCUT2D eigenvalue weighted by Crippen LogP contribution is -2.38. The van der Waals surface area contributed by atoms with Gasteiger partial charge in [-0.2, -0.15) is 0 Å². The molecule has 2 aromatic carbocycles. The number of hydrogen-bond acceptors (Lipinski definition) is 2. The maximum Gasteiger partial charge on any atom is 0.219 e. The summed E-state index contributed by atoms with van der Waals surface area (Å²) in [5.74, 6) is 0.0268. The number of nitrogens with zero attached hydrogens (tertiary/aromatic N) is 1. The third-order valence-corrected chi connectivity index (χ3v) is 4.44. The van der Waals surface area contributed by atoms with Gasteiger partial charge in [0.05, 0.1) is 0 Å². The minimum Gasteiger partial charge on any atom is -0.354 e. The Morgan fingerprint density at radius 1 is 0.885 bits per heavy atom. The zero-order valence-electron chi connectivity index (χ0n) is 15.7. The summed E-state index contributed by atoms with van der Waals surface area (Å²) in [6.45, 7) is 4.37. The summed E-state index contributed by atoms with van der Waals surface area (Å²) in [6, 6.07) is 20.3. The molecule has 0 saturated carbocycles. The Kier molecular flexibility index (Phi) is 7.87. The molecule has 26 heavy (non-hydrogen) atoms. The molecule has 0 aliphatic rings. The van der Waals surface area contributed by atoms with Gasteiger partial charge in [0.25, 0.3) is 0 Å². The molecule has 2 amide bonds. The second-order valence-electron chi connectivity index (χ2n) is 6.64. The number of carbonyl (C=O) groups excluding carboxylic acids is 2. The van der Waals surface area contributed by atoms with Gasteiger partial charge in [-0.15, -0.1) is 0 Å². The normalized spacial score (nSPS) is 11.6. The van der Waals surface area contributed by atoms with Crippen molar-refractivity contribution in [3.8, 4) is 0 Å². The molecule has 0 aliphatic carbocycles. The van der Waals surface area contributed by atoms with Crippen LogP contribution in [0.1, 0.15) is 37.8 Å². The molecule has 0 radical (unpaired) electrons. The van der Waals surface area contributed by atoms with Crippen LogP contribution in [-0.2, 0) is 22.6 Å². The van der Waals surface area contributed by atoms with E-state index in [-0.39, 0.29) is 17.9 Å². The highest BCUT2D eigenvalue weighted by atomic mass is 16.2. The first-order valence-electron chi connectivity index (χ1n) is 9.15. The number of carbonyl (C=O) groups is 2. The van der Waals surface area contributed by atoms with Gasteiger partial charge in [-0.1, -0.05) is 60.7 Å². The molecule has 0 spiro atoms. The van der Waals surface area contributed by atoms with Crippen molar-refractivity contribution < 1.29 is 9.59 Å². The molecule has 0 unspecified atom stereocenters. The van der Waals surface area contributed by atoms with E-state index in [1.165, 1.54) is 5.56 Å². The molecule has 0 saturated heterocycles. The molecule has 0 aliphatic heterocycles. The molecule has 4 heteroatoms. The molecule has 1 N–H and O–H groups in total. The summed E-state index contributed by atoms with van der Waals surface area (Å²) in [5.41, 5.74) is 2.37. The summed E-state index contributed by atoms with van der Waals surface area (Å²) in [5, 5.41) is 3.03. The Labute approximate surface area is 156 Å². The van der Waals surface area contributed by atoms with Crippen LogP contribution >= 0.6 is 0 Å². The first-order chi connectivity index (χ1) is 12.5. The van der Waals surface area contributed by atoms with Crippen LogP contribution < -0.4 is 5.32 Å². The average Bonchev–Trinajstić information content (AvgIpc) is 2.64. The van der Waals surface area contributed by atoms with E-state index in [4.69, 9.17) is 0 Å². The molecule has 138 valence electrons. The number of rotatable bonds is 9. The lowest BCUT2D eigenvalue weighted by atomic mass is 10.0. The SMILES string of the molecule is CC(=O)N[C@@H](CCc1ccccc1)CCN(Cc1ccccc1)C(C)=O. The van der Waals surface area contributed by atoms with Gasteiger partial charge in [-0.3, -0.25) is 9.59 Å². The molecule has 1 atom stereocenters. The van der Waals surface area contributed by atoms with Crippen LogP contribution in [0.4, 0.5) is 0 Å². The zero-order valence-corrected chi connectivity index (χ0v) is 15.7. The summed E-state index contributed by atoms with van der Waals surface area (Å²) in [4.78, 5) is 25.4. The largest absolute Gasteiger partial charge is 0.354 e. The Morgan fingerprint density at radius 2 is 1.46 bits per heavy atom. The van der Waals surface area contributed by atoms with Crippen molar-refractivity contribution >= 4 is 11.8 Å². The Balaban J connectivity index is 1.92. The first-order valence-corrected chi connectivity index (χ1v) is 9.15. The third-order valence-electron chi connectivity index (χ3n) is 4.44. The Bertz CT molecular complexity index is 686. The minimum absolute atomic E-state index is 0.0273. The fourth-order valence-corrected chi connectivity index (χ4v) is 3.03. The smallest absolute Gasteiger partial charge is 0.219 e. The fourth-order valence-electron chi connectivity index (χ4n) is 3.03. The van der Waals surface area contributed by atoms with Crippen LogP contribution in [0.2, 0.25) is 0 Å². The van der Waals surface area contributed by atoms with Crippen molar-refractivity contribution in [2.75, 3.05) is 6.54 Å². The van der Waals surface area contributed by atoms with Gasteiger partial charge in [0.2, 0.25) is 11.8 Å². The molecule has 0 heterocycles.